The Kier molecular flexibility index (Phi) is 4.12. The molecule has 3 heterocycles. The Morgan fingerprint density at radius 3 is 2.48 bits per heavy atom. The van der Waals surface area contributed by atoms with Crippen molar-refractivity contribution in [3.63, 3.8) is 0 Å². The predicted octanol–water partition coefficient (Wildman–Crippen LogP) is 0.108. The predicted molar refractivity (Wildman–Crippen MR) is 86.6 cm³/mol. The van der Waals surface area contributed by atoms with Crippen LogP contribution < -0.4 is 4.90 Å². The van der Waals surface area contributed by atoms with Crippen molar-refractivity contribution < 1.29 is 13.2 Å². The third-order valence-electron chi connectivity index (χ3n) is 3.95. The van der Waals surface area contributed by atoms with Crippen LogP contribution in [-0.2, 0) is 10.7 Å². The Hall–Kier alpha value is -2.29. The van der Waals surface area contributed by atoms with Gasteiger partial charge >= 0.3 is 6.03 Å². The fraction of sp³-hybridized carbons (Fsp3) is 0.429. The lowest BCUT2D eigenvalue weighted by Gasteiger charge is -2.37. The highest BCUT2D eigenvalue weighted by Crippen LogP contribution is 2.22. The molecular weight excluding hydrogens is 318 g/mol. The quantitative estimate of drug-likeness (QED) is 0.787. The number of hydrogen-bond donors (Lipinski definition) is 1. The van der Waals surface area contributed by atoms with Crippen molar-refractivity contribution in [3.8, 4) is 0 Å². The first-order valence-corrected chi connectivity index (χ1v) is 8.47. The minimum atomic E-state index is -2.65. The van der Waals surface area contributed by atoms with Crippen molar-refractivity contribution in [2.45, 2.75) is 4.90 Å². The molecule has 0 N–H and O–H groups in total. The number of anilines is 1. The van der Waals surface area contributed by atoms with Crippen LogP contribution in [0.4, 0.5) is 10.6 Å². The molecule has 23 heavy (non-hydrogen) atoms. The van der Waals surface area contributed by atoms with Crippen LogP contribution in [0.2, 0.25) is 0 Å². The Balaban J connectivity index is 1.87. The van der Waals surface area contributed by atoms with E-state index in [0.717, 1.165) is 11.3 Å². The van der Waals surface area contributed by atoms with E-state index >= 15 is 0 Å². The summed E-state index contributed by atoms with van der Waals surface area (Å²) >= 11 is 0. The first-order chi connectivity index (χ1) is 11.0. The van der Waals surface area contributed by atoms with Crippen molar-refractivity contribution in [1.29, 1.82) is 0 Å². The summed E-state index contributed by atoms with van der Waals surface area (Å²) in [6.45, 7) is 2.49. The molecule has 0 unspecified atom stereocenters. The van der Waals surface area contributed by atoms with Gasteiger partial charge in [-0.25, -0.2) is 18.2 Å². The van der Waals surface area contributed by atoms with Crippen LogP contribution in [-0.4, -0.2) is 73.9 Å². The van der Waals surface area contributed by atoms with Gasteiger partial charge in [-0.05, 0) is 12.1 Å². The lowest BCUT2D eigenvalue weighted by molar-refractivity contribution is 0.168. The maximum Gasteiger partial charge on any atom is 0.319 e. The molecule has 0 spiro atoms. The Morgan fingerprint density at radius 2 is 1.87 bits per heavy atom. The summed E-state index contributed by atoms with van der Waals surface area (Å²) in [5, 5.41) is 0. The van der Waals surface area contributed by atoms with Crippen LogP contribution in [0.25, 0.3) is 5.52 Å². The van der Waals surface area contributed by atoms with Gasteiger partial charge in [-0.2, -0.15) is 0 Å². The van der Waals surface area contributed by atoms with E-state index in [4.69, 9.17) is 0 Å². The molecule has 2 amide bonds. The number of rotatable bonds is 2. The van der Waals surface area contributed by atoms with Gasteiger partial charge in [0.2, 0.25) is 0 Å². The van der Waals surface area contributed by atoms with Gasteiger partial charge in [0, 0.05) is 40.3 Å². The number of nitrogens with zero attached hydrogens (tertiary/aromatic N) is 5. The molecule has 0 radical (unpaired) electrons. The highest BCUT2D eigenvalue weighted by Gasteiger charge is 2.23. The second kappa shape index (κ2) is 6.07. The van der Waals surface area contributed by atoms with Crippen molar-refractivity contribution in [2.75, 3.05) is 45.2 Å². The summed E-state index contributed by atoms with van der Waals surface area (Å²) in [5.41, 5.74) is 0.739. The smallest absolute Gasteiger partial charge is 0.319 e. The van der Waals surface area contributed by atoms with Crippen molar-refractivity contribution >= 4 is 28.1 Å². The number of urea groups is 1. The van der Waals surface area contributed by atoms with Crippen LogP contribution in [0.5, 0.6) is 0 Å². The second-order valence-corrected chi connectivity index (χ2v) is 6.70. The molecule has 2 aromatic heterocycles. The fourth-order valence-electron chi connectivity index (χ4n) is 2.76. The Labute approximate surface area is 135 Å². The van der Waals surface area contributed by atoms with E-state index in [-0.39, 0.29) is 10.9 Å². The zero-order valence-corrected chi connectivity index (χ0v) is 13.9. The maximum atomic E-state index is 12.0. The molecule has 0 bridgehead atoms. The van der Waals surface area contributed by atoms with Crippen molar-refractivity contribution in [2.24, 2.45) is 0 Å². The van der Waals surface area contributed by atoms with Gasteiger partial charge in [-0.15, -0.1) is 0 Å². The molecule has 0 aromatic carbocycles. The van der Waals surface area contributed by atoms with Crippen LogP contribution in [0.1, 0.15) is 0 Å². The molecule has 0 aliphatic carbocycles. The second-order valence-electron chi connectivity index (χ2n) is 5.67. The standard InChI is InChI=1S/C14H19N5O3S/c1-16(2)14(20)18-5-3-17(4-6-18)13-8-12(23(21)22)7-11-9-15-10-19(11)13/h7-10,23H,3-6H2,1-2H3. The van der Waals surface area contributed by atoms with Gasteiger partial charge in [0.25, 0.3) is 0 Å². The number of amides is 2. The number of carbonyl (C=O) groups excluding carboxylic acids is 1. The molecule has 1 saturated heterocycles. The largest absolute Gasteiger partial charge is 0.354 e. The van der Waals surface area contributed by atoms with Gasteiger partial charge in [0.05, 0.1) is 16.6 Å². The average Bonchev–Trinajstić information content (AvgIpc) is 3.01. The molecule has 8 nitrogen and oxygen atoms in total. The third-order valence-corrected chi connectivity index (χ3v) is 4.63. The molecule has 124 valence electrons. The SMILES string of the molecule is CN(C)C(=O)N1CCN(c2cc([SH](=O)=O)cc3cncn23)CC1. The summed E-state index contributed by atoms with van der Waals surface area (Å²) in [6.07, 6.45) is 3.31. The van der Waals surface area contributed by atoms with Crippen molar-refractivity contribution in [3.05, 3.63) is 24.7 Å². The molecular formula is C14H19N5O3S. The molecule has 1 fully saturated rings. The molecule has 0 saturated carbocycles. The highest BCUT2D eigenvalue weighted by molar-refractivity contribution is 7.72. The van der Waals surface area contributed by atoms with Gasteiger partial charge < -0.3 is 14.7 Å². The zero-order valence-electron chi connectivity index (χ0n) is 13.0. The minimum absolute atomic E-state index is 0.00573. The topological polar surface area (TPSA) is 78.2 Å². The first kappa shape index (κ1) is 15.6. The van der Waals surface area contributed by atoms with Crippen molar-refractivity contribution in [1.82, 2.24) is 19.2 Å². The van der Waals surface area contributed by atoms with E-state index in [1.165, 1.54) is 0 Å². The van der Waals surface area contributed by atoms with E-state index in [1.54, 1.807) is 48.6 Å². The number of hydrogen-bond acceptors (Lipinski definition) is 5. The summed E-state index contributed by atoms with van der Waals surface area (Å²) < 4.78 is 24.6. The van der Waals surface area contributed by atoms with E-state index in [0.29, 0.717) is 26.2 Å². The van der Waals surface area contributed by atoms with Gasteiger partial charge in [0.1, 0.15) is 12.1 Å². The maximum absolute atomic E-state index is 12.0. The van der Waals surface area contributed by atoms with E-state index < -0.39 is 10.7 Å². The summed E-state index contributed by atoms with van der Waals surface area (Å²) in [4.78, 5) is 21.8. The van der Waals surface area contributed by atoms with Crippen LogP contribution in [0.3, 0.4) is 0 Å². The van der Waals surface area contributed by atoms with Gasteiger partial charge in [-0.3, -0.25) is 4.40 Å². The number of thiol groups is 1. The van der Waals surface area contributed by atoms with Crippen LogP contribution >= 0.6 is 0 Å². The fourth-order valence-corrected chi connectivity index (χ4v) is 3.22. The average molecular weight is 337 g/mol. The van der Waals surface area contributed by atoms with E-state index in [1.807, 2.05) is 4.40 Å². The number of fused-ring (bicyclic) bond motifs is 1. The number of carbonyl (C=O) groups is 1. The Morgan fingerprint density at radius 1 is 1.17 bits per heavy atom. The lowest BCUT2D eigenvalue weighted by atomic mass is 10.3. The minimum Gasteiger partial charge on any atom is -0.354 e. The number of piperazine rings is 1. The van der Waals surface area contributed by atoms with E-state index in [9.17, 15) is 13.2 Å². The lowest BCUT2D eigenvalue weighted by Crippen LogP contribution is -2.51. The number of imidazole rings is 1. The van der Waals surface area contributed by atoms with Gasteiger partial charge in [-0.1, -0.05) is 0 Å². The summed E-state index contributed by atoms with van der Waals surface area (Å²) in [5.74, 6) is 0.783. The Bertz CT molecular complexity index is 798. The number of pyridine rings is 1. The molecule has 3 rings (SSSR count). The molecule has 9 heteroatoms. The normalized spacial score (nSPS) is 15.4. The summed E-state index contributed by atoms with van der Waals surface area (Å²) in [7, 11) is 0.814. The van der Waals surface area contributed by atoms with Crippen LogP contribution in [0, 0.1) is 0 Å². The molecule has 2 aromatic rings. The number of aromatic nitrogens is 2. The van der Waals surface area contributed by atoms with E-state index in [2.05, 4.69) is 9.88 Å². The highest BCUT2D eigenvalue weighted by atomic mass is 32.2. The first-order valence-electron chi connectivity index (χ1n) is 7.29. The molecule has 0 atom stereocenters. The van der Waals surface area contributed by atoms with Gasteiger partial charge in [0.15, 0.2) is 10.7 Å². The van der Waals surface area contributed by atoms with Crippen LogP contribution in [0.15, 0.2) is 29.6 Å². The zero-order chi connectivity index (χ0) is 16.6. The summed E-state index contributed by atoms with van der Waals surface area (Å²) in [6, 6.07) is 3.26. The molecule has 1 aliphatic rings. The molecule has 1 aliphatic heterocycles. The monoisotopic (exact) mass is 337 g/mol. The third kappa shape index (κ3) is 2.96.